The number of rotatable bonds is 5. The maximum atomic E-state index is 6.19. The van der Waals surface area contributed by atoms with Crippen LogP contribution in [0.2, 0.25) is 0 Å². The molecule has 2 aromatic rings. The van der Waals surface area contributed by atoms with E-state index in [0.717, 1.165) is 6.42 Å². The van der Waals surface area contributed by atoms with Crippen molar-refractivity contribution < 1.29 is 28.4 Å². The third-order valence-electron chi connectivity index (χ3n) is 4.88. The first-order valence-electron chi connectivity index (χ1n) is 10.8. The van der Waals surface area contributed by atoms with Crippen LogP contribution in [0.25, 0.3) is 0 Å². The van der Waals surface area contributed by atoms with Gasteiger partial charge in [-0.3, -0.25) is 0 Å². The number of thiocarbonyl (C=S) groups is 1. The van der Waals surface area contributed by atoms with Gasteiger partial charge in [0.15, 0.2) is 23.0 Å². The molecule has 0 spiro atoms. The third-order valence-corrected chi connectivity index (χ3v) is 4.99. The molecular formula is C24H31NO6S. The summed E-state index contributed by atoms with van der Waals surface area (Å²) in [5.41, 5.74) is 4.97. The zero-order valence-electron chi connectivity index (χ0n) is 18.4. The minimum atomic E-state index is -0.765. The largest absolute Gasteiger partial charge is 0.487 e. The maximum Gasteiger partial charge on any atom is 0.161 e. The van der Waals surface area contributed by atoms with Gasteiger partial charge >= 0.3 is 0 Å². The highest BCUT2D eigenvalue weighted by Gasteiger charge is 2.34. The van der Waals surface area contributed by atoms with E-state index in [4.69, 9.17) is 46.4 Å². The molecule has 0 aliphatic carbocycles. The van der Waals surface area contributed by atoms with Gasteiger partial charge in [-0.05, 0) is 30.7 Å². The molecule has 0 aromatic heterocycles. The number of hydrogen-bond donors (Lipinski definition) is 1. The Morgan fingerprint density at radius 2 is 1.31 bits per heavy atom. The second-order valence-corrected chi connectivity index (χ2v) is 7.99. The fourth-order valence-corrected chi connectivity index (χ4v) is 3.40. The summed E-state index contributed by atoms with van der Waals surface area (Å²) >= 11 is 5.05. The number of ether oxygens (including phenoxy) is 6. The normalized spacial score (nSPS) is 16.8. The molecule has 1 aliphatic heterocycles. The second-order valence-electron chi connectivity index (χ2n) is 7.47. The second kappa shape index (κ2) is 12.5. The number of benzene rings is 2. The monoisotopic (exact) mass is 461 g/mol. The Morgan fingerprint density at radius 1 is 0.844 bits per heavy atom. The fraction of sp³-hybridized carbons (Fsp3) is 0.458. The molecule has 0 bridgehead atoms. The van der Waals surface area contributed by atoms with Crippen LogP contribution in [0, 0.1) is 0 Å². The number of fused-ring (bicyclic) bond motifs is 2. The van der Waals surface area contributed by atoms with E-state index >= 15 is 0 Å². The van der Waals surface area contributed by atoms with Crippen molar-refractivity contribution in [1.29, 1.82) is 0 Å². The zero-order chi connectivity index (χ0) is 22.7. The first-order valence-corrected chi connectivity index (χ1v) is 11.2. The quantitative estimate of drug-likeness (QED) is 0.674. The van der Waals surface area contributed by atoms with Gasteiger partial charge in [0, 0.05) is 0 Å². The molecule has 2 N–H and O–H groups in total. The molecule has 174 valence electrons. The third kappa shape index (κ3) is 7.25. The van der Waals surface area contributed by atoms with Crippen LogP contribution in [0.4, 0.5) is 0 Å². The fourth-order valence-electron chi connectivity index (χ4n) is 3.34. The summed E-state index contributed by atoms with van der Waals surface area (Å²) in [7, 11) is 0. The molecule has 0 saturated carbocycles. The minimum absolute atomic E-state index is 0.135. The summed E-state index contributed by atoms with van der Waals surface area (Å²) in [6.45, 7) is 4.37. The van der Waals surface area contributed by atoms with Gasteiger partial charge in [-0.15, -0.1) is 0 Å². The van der Waals surface area contributed by atoms with Crippen molar-refractivity contribution in [2.45, 2.75) is 25.4 Å². The van der Waals surface area contributed by atoms with E-state index < -0.39 is 5.60 Å². The molecular weight excluding hydrogens is 430 g/mol. The average molecular weight is 462 g/mol. The van der Waals surface area contributed by atoms with E-state index in [1.54, 1.807) is 0 Å². The number of nitrogens with two attached hydrogens (primary N) is 1. The van der Waals surface area contributed by atoms with Gasteiger partial charge in [0.05, 0.1) is 24.8 Å². The van der Waals surface area contributed by atoms with E-state index in [1.807, 2.05) is 48.5 Å². The summed E-state index contributed by atoms with van der Waals surface area (Å²) in [6.07, 6.45) is 1.55. The highest BCUT2D eigenvalue weighted by Crippen LogP contribution is 2.31. The maximum absolute atomic E-state index is 6.19. The van der Waals surface area contributed by atoms with E-state index in [2.05, 4.69) is 6.92 Å². The van der Waals surface area contributed by atoms with Crippen LogP contribution in [-0.2, 0) is 9.47 Å². The van der Waals surface area contributed by atoms with Crippen molar-refractivity contribution in [3.05, 3.63) is 48.5 Å². The minimum Gasteiger partial charge on any atom is -0.487 e. The molecule has 32 heavy (non-hydrogen) atoms. The first kappa shape index (κ1) is 24.1. The molecule has 0 radical (unpaired) electrons. The van der Waals surface area contributed by atoms with Crippen molar-refractivity contribution in [3.8, 4) is 23.0 Å². The molecule has 0 amide bonds. The Labute approximate surface area is 194 Å². The Bertz CT molecular complexity index is 806. The van der Waals surface area contributed by atoms with Crippen LogP contribution in [0.15, 0.2) is 48.5 Å². The number of hydrogen-bond acceptors (Lipinski definition) is 7. The Morgan fingerprint density at radius 3 is 1.75 bits per heavy atom. The highest BCUT2D eigenvalue weighted by molar-refractivity contribution is 7.80. The summed E-state index contributed by atoms with van der Waals surface area (Å²) in [5.74, 6) is 2.54. The smallest absolute Gasteiger partial charge is 0.161 e. The van der Waals surface area contributed by atoms with Gasteiger partial charge < -0.3 is 34.2 Å². The van der Waals surface area contributed by atoms with Crippen LogP contribution >= 0.6 is 12.2 Å². The molecule has 0 fully saturated rings. The Hall–Kier alpha value is -2.55. The van der Waals surface area contributed by atoms with Gasteiger partial charge in [-0.25, -0.2) is 0 Å². The lowest BCUT2D eigenvalue weighted by molar-refractivity contribution is -0.0892. The van der Waals surface area contributed by atoms with Crippen LogP contribution < -0.4 is 24.7 Å². The molecule has 3 rings (SSSR count). The first-order chi connectivity index (χ1) is 15.6. The SMILES string of the molecule is CCCC1(OCC(N)=S)COc2ccccc2OCCOCCOc2ccccc2OC1. The summed E-state index contributed by atoms with van der Waals surface area (Å²) in [6, 6.07) is 15.1. The molecule has 0 unspecified atom stereocenters. The summed E-state index contributed by atoms with van der Waals surface area (Å²) < 4.78 is 35.9. The van der Waals surface area contributed by atoms with Crippen LogP contribution in [-0.4, -0.2) is 56.8 Å². The van der Waals surface area contributed by atoms with Gasteiger partial charge in [-0.2, -0.15) is 0 Å². The molecule has 1 heterocycles. The highest BCUT2D eigenvalue weighted by atomic mass is 32.1. The van der Waals surface area contributed by atoms with Crippen molar-refractivity contribution in [2.75, 3.05) is 46.2 Å². The van der Waals surface area contributed by atoms with Crippen LogP contribution in [0.1, 0.15) is 19.8 Å². The predicted molar refractivity (Wildman–Crippen MR) is 126 cm³/mol. The lowest BCUT2D eigenvalue weighted by Crippen LogP contribution is -2.46. The van der Waals surface area contributed by atoms with Gasteiger partial charge in [0.1, 0.15) is 32.0 Å². The van der Waals surface area contributed by atoms with Crippen molar-refractivity contribution in [2.24, 2.45) is 5.73 Å². The van der Waals surface area contributed by atoms with Gasteiger partial charge in [0.25, 0.3) is 0 Å². The lowest BCUT2D eigenvalue weighted by atomic mass is 9.99. The van der Waals surface area contributed by atoms with Crippen molar-refractivity contribution in [3.63, 3.8) is 0 Å². The molecule has 8 heteroatoms. The summed E-state index contributed by atoms with van der Waals surface area (Å²) in [4.78, 5) is 0.278. The van der Waals surface area contributed by atoms with Crippen molar-refractivity contribution >= 4 is 17.2 Å². The molecule has 7 nitrogen and oxygen atoms in total. The van der Waals surface area contributed by atoms with Crippen LogP contribution in [0.5, 0.6) is 23.0 Å². The summed E-state index contributed by atoms with van der Waals surface area (Å²) in [5, 5.41) is 0. The van der Waals surface area contributed by atoms with E-state index in [-0.39, 0.29) is 24.8 Å². The van der Waals surface area contributed by atoms with Gasteiger partial charge in [0.2, 0.25) is 0 Å². The van der Waals surface area contributed by atoms with E-state index in [0.29, 0.717) is 55.8 Å². The average Bonchev–Trinajstić information content (AvgIpc) is 2.80. The molecule has 0 atom stereocenters. The predicted octanol–water partition coefficient (Wildman–Crippen LogP) is 3.77. The van der Waals surface area contributed by atoms with Crippen molar-refractivity contribution in [1.82, 2.24) is 0 Å². The number of para-hydroxylation sites is 4. The lowest BCUT2D eigenvalue weighted by Gasteiger charge is -2.33. The Balaban J connectivity index is 1.88. The zero-order valence-corrected chi connectivity index (χ0v) is 19.2. The van der Waals surface area contributed by atoms with E-state index in [1.165, 1.54) is 0 Å². The Kier molecular flexibility index (Phi) is 9.40. The molecule has 0 saturated heterocycles. The molecule has 1 aliphatic rings. The standard InChI is InChI=1S/C24H31NO6S/c1-2-11-24(31-16-23(25)32)17-29-21-9-5-3-7-19(21)27-14-12-26-13-15-28-20-8-4-6-10-22(20)30-18-24/h3-10H,2,11-18H2,1H3,(H2,25,32). The van der Waals surface area contributed by atoms with Crippen LogP contribution in [0.3, 0.4) is 0 Å². The molecule has 2 aromatic carbocycles. The van der Waals surface area contributed by atoms with E-state index in [9.17, 15) is 0 Å². The van der Waals surface area contributed by atoms with Gasteiger partial charge in [-0.1, -0.05) is 49.8 Å². The topological polar surface area (TPSA) is 81.4 Å².